The lowest BCUT2D eigenvalue weighted by Gasteiger charge is -2.27. The molecule has 2 atom stereocenters. The van der Waals surface area contributed by atoms with E-state index in [1.165, 1.54) is 0 Å². The molecular weight excluding hydrogens is 164 g/mol. The highest BCUT2D eigenvalue weighted by Gasteiger charge is 2.22. The number of ether oxygens (including phenoxy) is 1. The van der Waals surface area contributed by atoms with Crippen LogP contribution >= 0.6 is 0 Å². The molecule has 1 N–H and O–H groups in total. The average Bonchev–Trinajstić information content (AvgIpc) is 2.19. The summed E-state index contributed by atoms with van der Waals surface area (Å²) in [6, 6.07) is 0. The highest BCUT2D eigenvalue weighted by molar-refractivity contribution is 4.96. The van der Waals surface area contributed by atoms with Crippen LogP contribution in [-0.4, -0.2) is 24.4 Å². The zero-order valence-electron chi connectivity index (χ0n) is 8.46. The number of aliphatic hydroxyl groups excluding tert-OH is 1. The summed E-state index contributed by atoms with van der Waals surface area (Å²) in [4.78, 5) is 0. The van der Waals surface area contributed by atoms with E-state index in [1.807, 2.05) is 0 Å². The minimum Gasteiger partial charge on any atom is -0.392 e. The van der Waals surface area contributed by atoms with Crippen molar-refractivity contribution in [3.63, 3.8) is 0 Å². The van der Waals surface area contributed by atoms with E-state index in [0.29, 0.717) is 5.92 Å². The van der Waals surface area contributed by atoms with Crippen LogP contribution in [0.2, 0.25) is 0 Å². The fourth-order valence-corrected chi connectivity index (χ4v) is 1.68. The molecule has 0 aromatic heterocycles. The molecule has 1 aliphatic heterocycles. The minimum atomic E-state index is -0.243. The molecule has 1 saturated heterocycles. The van der Waals surface area contributed by atoms with Crippen LogP contribution < -0.4 is 0 Å². The first-order chi connectivity index (χ1) is 6.24. The summed E-state index contributed by atoms with van der Waals surface area (Å²) in [6.07, 6.45) is 3.64. The Labute approximate surface area is 80.6 Å². The van der Waals surface area contributed by atoms with Crippen LogP contribution in [0.1, 0.15) is 32.6 Å². The van der Waals surface area contributed by atoms with E-state index in [4.69, 9.17) is 4.74 Å². The van der Waals surface area contributed by atoms with E-state index < -0.39 is 0 Å². The van der Waals surface area contributed by atoms with Gasteiger partial charge in [0.1, 0.15) is 0 Å². The van der Waals surface area contributed by atoms with Gasteiger partial charge in [-0.25, -0.2) is 0 Å². The highest BCUT2D eigenvalue weighted by Crippen LogP contribution is 2.22. The second-order valence-electron chi connectivity index (χ2n) is 3.85. The third kappa shape index (κ3) is 3.49. The van der Waals surface area contributed by atoms with Crippen molar-refractivity contribution in [1.29, 1.82) is 0 Å². The molecule has 1 aliphatic rings. The molecule has 2 heteroatoms. The molecule has 0 spiro atoms. The molecule has 1 heterocycles. The Kier molecular flexibility index (Phi) is 4.46. The van der Waals surface area contributed by atoms with E-state index in [9.17, 15) is 5.11 Å². The Balaban J connectivity index is 2.28. The van der Waals surface area contributed by atoms with Gasteiger partial charge in [0.2, 0.25) is 0 Å². The fraction of sp³-hybridized carbons (Fsp3) is 0.818. The van der Waals surface area contributed by atoms with Crippen molar-refractivity contribution in [2.24, 2.45) is 5.92 Å². The molecule has 0 aromatic rings. The van der Waals surface area contributed by atoms with Gasteiger partial charge < -0.3 is 9.84 Å². The minimum absolute atomic E-state index is 0.243. The Bertz CT molecular complexity index is 159. The van der Waals surface area contributed by atoms with Gasteiger partial charge in [0, 0.05) is 12.5 Å². The summed E-state index contributed by atoms with van der Waals surface area (Å²) in [5.41, 5.74) is 1.14. The third-order valence-electron chi connectivity index (χ3n) is 2.74. The van der Waals surface area contributed by atoms with E-state index >= 15 is 0 Å². The first-order valence-electron chi connectivity index (χ1n) is 5.16. The van der Waals surface area contributed by atoms with Gasteiger partial charge in [-0.05, 0) is 25.7 Å². The van der Waals surface area contributed by atoms with Crippen LogP contribution in [0.5, 0.6) is 0 Å². The monoisotopic (exact) mass is 184 g/mol. The Morgan fingerprint density at radius 1 is 1.69 bits per heavy atom. The summed E-state index contributed by atoms with van der Waals surface area (Å²) in [6.45, 7) is 7.56. The molecule has 0 bridgehead atoms. The topological polar surface area (TPSA) is 29.5 Å². The summed E-state index contributed by atoms with van der Waals surface area (Å²) in [7, 11) is 0. The summed E-state index contributed by atoms with van der Waals surface area (Å²) in [5.74, 6) is 0.331. The zero-order valence-corrected chi connectivity index (χ0v) is 8.46. The second-order valence-corrected chi connectivity index (χ2v) is 3.85. The molecule has 13 heavy (non-hydrogen) atoms. The van der Waals surface area contributed by atoms with Crippen LogP contribution in [0.25, 0.3) is 0 Å². The SMILES string of the molecule is C=C(CC)CC(O)C1CCCOC1. The first kappa shape index (κ1) is 10.7. The van der Waals surface area contributed by atoms with Gasteiger partial charge in [0.15, 0.2) is 0 Å². The van der Waals surface area contributed by atoms with Crippen LogP contribution in [0.3, 0.4) is 0 Å². The molecule has 2 unspecified atom stereocenters. The maximum Gasteiger partial charge on any atom is 0.0627 e. The standard InChI is InChI=1S/C11H20O2/c1-3-9(2)7-11(12)10-5-4-6-13-8-10/h10-12H,2-8H2,1H3. The van der Waals surface area contributed by atoms with Crippen LogP contribution in [0.15, 0.2) is 12.2 Å². The molecule has 0 saturated carbocycles. The second kappa shape index (κ2) is 5.40. The molecule has 1 rings (SSSR count). The van der Waals surface area contributed by atoms with Crippen molar-refractivity contribution in [2.45, 2.75) is 38.7 Å². The third-order valence-corrected chi connectivity index (χ3v) is 2.74. The maximum absolute atomic E-state index is 9.83. The first-order valence-corrected chi connectivity index (χ1v) is 5.16. The normalized spacial score (nSPS) is 25.5. The Morgan fingerprint density at radius 2 is 2.46 bits per heavy atom. The van der Waals surface area contributed by atoms with Gasteiger partial charge in [-0.3, -0.25) is 0 Å². The van der Waals surface area contributed by atoms with Gasteiger partial charge in [-0.1, -0.05) is 19.1 Å². The predicted molar refractivity (Wildman–Crippen MR) is 53.6 cm³/mol. The molecule has 0 aromatic carbocycles. The van der Waals surface area contributed by atoms with Crippen LogP contribution in [-0.2, 0) is 4.74 Å². The van der Waals surface area contributed by atoms with E-state index in [2.05, 4.69) is 13.5 Å². The molecule has 0 radical (unpaired) electrons. The molecule has 2 nitrogen and oxygen atoms in total. The largest absolute Gasteiger partial charge is 0.392 e. The summed E-state index contributed by atoms with van der Waals surface area (Å²) >= 11 is 0. The van der Waals surface area contributed by atoms with Crippen molar-refractivity contribution in [2.75, 3.05) is 13.2 Å². The van der Waals surface area contributed by atoms with Gasteiger partial charge in [-0.15, -0.1) is 0 Å². The molecule has 0 aliphatic carbocycles. The fourth-order valence-electron chi connectivity index (χ4n) is 1.68. The molecule has 1 fully saturated rings. The van der Waals surface area contributed by atoms with Gasteiger partial charge >= 0.3 is 0 Å². The Hall–Kier alpha value is -0.340. The number of hydrogen-bond donors (Lipinski definition) is 1. The van der Waals surface area contributed by atoms with Crippen molar-refractivity contribution in [3.8, 4) is 0 Å². The zero-order chi connectivity index (χ0) is 9.68. The molecule has 0 amide bonds. The quantitative estimate of drug-likeness (QED) is 0.678. The van der Waals surface area contributed by atoms with Crippen molar-refractivity contribution in [3.05, 3.63) is 12.2 Å². The molecule has 76 valence electrons. The van der Waals surface area contributed by atoms with Gasteiger partial charge in [0.05, 0.1) is 12.7 Å². The van der Waals surface area contributed by atoms with Gasteiger partial charge in [-0.2, -0.15) is 0 Å². The number of hydrogen-bond acceptors (Lipinski definition) is 2. The van der Waals surface area contributed by atoms with E-state index in [1.54, 1.807) is 0 Å². The molecular formula is C11H20O2. The van der Waals surface area contributed by atoms with Crippen LogP contribution in [0.4, 0.5) is 0 Å². The van der Waals surface area contributed by atoms with Crippen molar-refractivity contribution < 1.29 is 9.84 Å². The average molecular weight is 184 g/mol. The maximum atomic E-state index is 9.83. The lowest BCUT2D eigenvalue weighted by Crippen LogP contribution is -2.29. The van der Waals surface area contributed by atoms with Crippen LogP contribution in [0, 0.1) is 5.92 Å². The number of aliphatic hydroxyl groups is 1. The highest BCUT2D eigenvalue weighted by atomic mass is 16.5. The van der Waals surface area contributed by atoms with Crippen molar-refractivity contribution in [1.82, 2.24) is 0 Å². The lowest BCUT2D eigenvalue weighted by molar-refractivity contribution is -0.00860. The summed E-state index contributed by atoms with van der Waals surface area (Å²) in [5, 5.41) is 9.83. The van der Waals surface area contributed by atoms with E-state index in [0.717, 1.165) is 44.5 Å². The predicted octanol–water partition coefficient (Wildman–Crippen LogP) is 2.13. The van der Waals surface area contributed by atoms with Crippen molar-refractivity contribution >= 4 is 0 Å². The summed E-state index contributed by atoms with van der Waals surface area (Å²) < 4.78 is 5.33. The Morgan fingerprint density at radius 3 is 3.00 bits per heavy atom. The van der Waals surface area contributed by atoms with E-state index in [-0.39, 0.29) is 6.10 Å². The van der Waals surface area contributed by atoms with Gasteiger partial charge in [0.25, 0.3) is 0 Å². The smallest absolute Gasteiger partial charge is 0.0627 e. The number of rotatable bonds is 4. The lowest BCUT2D eigenvalue weighted by atomic mass is 9.91.